The van der Waals surface area contributed by atoms with Crippen LogP contribution >= 0.6 is 15.9 Å². The smallest absolute Gasteiger partial charge is 0.263 e. The van der Waals surface area contributed by atoms with Crippen molar-refractivity contribution in [3.63, 3.8) is 0 Å². The molecule has 0 bridgehead atoms. The topological polar surface area (TPSA) is 96.0 Å². The van der Waals surface area contributed by atoms with E-state index in [1.54, 1.807) is 6.07 Å². The van der Waals surface area contributed by atoms with Crippen LogP contribution < -0.4 is 10.5 Å². The minimum atomic E-state index is -3.93. The number of benzene rings is 2. The van der Waals surface area contributed by atoms with Gasteiger partial charge in [-0.3, -0.25) is 4.72 Å². The van der Waals surface area contributed by atoms with E-state index in [9.17, 15) is 12.8 Å². The minimum Gasteiger partial charge on any atom is -0.398 e. The van der Waals surface area contributed by atoms with Crippen molar-refractivity contribution in [3.8, 4) is 6.07 Å². The SMILES string of the molecule is N#Cc1cc(NS(=O)(=O)c2ccc(Br)cc2N)ccc1F. The maximum absolute atomic E-state index is 13.2. The summed E-state index contributed by atoms with van der Waals surface area (Å²) in [5, 5.41) is 8.74. The summed E-state index contributed by atoms with van der Waals surface area (Å²) in [6, 6.07) is 9.33. The van der Waals surface area contributed by atoms with E-state index in [-0.39, 0.29) is 21.8 Å². The number of sulfonamides is 1. The van der Waals surface area contributed by atoms with Crippen LogP contribution in [0, 0.1) is 17.1 Å². The number of nitriles is 1. The zero-order valence-electron chi connectivity index (χ0n) is 10.5. The zero-order chi connectivity index (χ0) is 15.6. The van der Waals surface area contributed by atoms with Crippen LogP contribution in [0.4, 0.5) is 15.8 Å². The van der Waals surface area contributed by atoms with Crippen LogP contribution in [0.5, 0.6) is 0 Å². The van der Waals surface area contributed by atoms with Gasteiger partial charge >= 0.3 is 0 Å². The van der Waals surface area contributed by atoms with E-state index in [1.165, 1.54) is 24.3 Å². The number of nitrogen functional groups attached to an aromatic ring is 1. The van der Waals surface area contributed by atoms with Gasteiger partial charge in [0.15, 0.2) is 0 Å². The Morgan fingerprint density at radius 2 is 1.95 bits per heavy atom. The fourth-order valence-electron chi connectivity index (χ4n) is 1.65. The molecule has 0 unspecified atom stereocenters. The highest BCUT2D eigenvalue weighted by Gasteiger charge is 2.18. The Labute approximate surface area is 129 Å². The molecule has 0 heterocycles. The van der Waals surface area contributed by atoms with Gasteiger partial charge in [0, 0.05) is 4.47 Å². The predicted molar refractivity (Wildman–Crippen MR) is 80.5 cm³/mol. The molecule has 21 heavy (non-hydrogen) atoms. The number of halogens is 2. The van der Waals surface area contributed by atoms with Gasteiger partial charge in [0.05, 0.1) is 16.9 Å². The lowest BCUT2D eigenvalue weighted by molar-refractivity contribution is 0.601. The van der Waals surface area contributed by atoms with Crippen molar-refractivity contribution in [2.75, 3.05) is 10.5 Å². The molecule has 2 aromatic carbocycles. The quantitative estimate of drug-likeness (QED) is 0.812. The molecule has 0 spiro atoms. The van der Waals surface area contributed by atoms with Gasteiger partial charge in [-0.05, 0) is 36.4 Å². The summed E-state index contributed by atoms with van der Waals surface area (Å²) >= 11 is 3.18. The lowest BCUT2D eigenvalue weighted by Gasteiger charge is -2.10. The summed E-state index contributed by atoms with van der Waals surface area (Å²) in [4.78, 5) is -0.103. The van der Waals surface area contributed by atoms with Crippen molar-refractivity contribution in [3.05, 3.63) is 52.3 Å². The number of hydrogen-bond acceptors (Lipinski definition) is 4. The van der Waals surface area contributed by atoms with Crippen molar-refractivity contribution in [1.82, 2.24) is 0 Å². The Balaban J connectivity index is 2.40. The number of nitrogens with zero attached hydrogens (tertiary/aromatic N) is 1. The molecule has 0 saturated heterocycles. The van der Waals surface area contributed by atoms with E-state index in [1.807, 2.05) is 0 Å². The Morgan fingerprint density at radius 3 is 2.57 bits per heavy atom. The molecule has 0 aliphatic carbocycles. The summed E-state index contributed by atoms with van der Waals surface area (Å²) in [5.41, 5.74) is 5.58. The normalized spacial score (nSPS) is 10.9. The lowest BCUT2D eigenvalue weighted by atomic mass is 10.2. The minimum absolute atomic E-state index is 0.0690. The van der Waals surface area contributed by atoms with Crippen LogP contribution in [-0.2, 0) is 10.0 Å². The molecule has 0 amide bonds. The van der Waals surface area contributed by atoms with Gasteiger partial charge in [-0.2, -0.15) is 5.26 Å². The maximum Gasteiger partial charge on any atom is 0.263 e. The van der Waals surface area contributed by atoms with E-state index in [4.69, 9.17) is 11.0 Å². The number of anilines is 2. The van der Waals surface area contributed by atoms with Gasteiger partial charge < -0.3 is 5.73 Å². The van der Waals surface area contributed by atoms with Crippen LogP contribution in [0.1, 0.15) is 5.56 Å². The first-order chi connectivity index (χ1) is 9.83. The van der Waals surface area contributed by atoms with E-state index in [0.29, 0.717) is 4.47 Å². The van der Waals surface area contributed by atoms with Crippen LogP contribution in [0.2, 0.25) is 0 Å². The van der Waals surface area contributed by atoms with Crippen molar-refractivity contribution in [2.45, 2.75) is 4.90 Å². The molecule has 0 atom stereocenters. The highest BCUT2D eigenvalue weighted by atomic mass is 79.9. The highest BCUT2D eigenvalue weighted by molar-refractivity contribution is 9.10. The van der Waals surface area contributed by atoms with Gasteiger partial charge in [-0.1, -0.05) is 15.9 Å². The Morgan fingerprint density at radius 1 is 1.24 bits per heavy atom. The summed E-state index contributed by atoms with van der Waals surface area (Å²) < 4.78 is 40.6. The van der Waals surface area contributed by atoms with Crippen LogP contribution in [0.3, 0.4) is 0 Å². The van der Waals surface area contributed by atoms with Crippen molar-refractivity contribution >= 4 is 37.3 Å². The first kappa shape index (κ1) is 15.3. The van der Waals surface area contributed by atoms with E-state index >= 15 is 0 Å². The molecular formula is C13H9BrFN3O2S. The summed E-state index contributed by atoms with van der Waals surface area (Å²) in [6.45, 7) is 0. The van der Waals surface area contributed by atoms with Gasteiger partial charge in [-0.25, -0.2) is 12.8 Å². The average Bonchev–Trinajstić information content (AvgIpc) is 2.40. The molecule has 0 radical (unpaired) electrons. The van der Waals surface area contributed by atoms with Gasteiger partial charge in [0.2, 0.25) is 0 Å². The number of nitrogens with one attached hydrogen (secondary N) is 1. The van der Waals surface area contributed by atoms with Crippen LogP contribution in [-0.4, -0.2) is 8.42 Å². The number of nitrogens with two attached hydrogens (primary N) is 1. The molecule has 108 valence electrons. The molecule has 0 aromatic heterocycles. The third kappa shape index (κ3) is 3.32. The highest BCUT2D eigenvalue weighted by Crippen LogP contribution is 2.25. The van der Waals surface area contributed by atoms with Crippen molar-refractivity contribution in [2.24, 2.45) is 0 Å². The molecular weight excluding hydrogens is 361 g/mol. The summed E-state index contributed by atoms with van der Waals surface area (Å²) in [7, 11) is -3.93. The second-order valence-corrected chi connectivity index (χ2v) is 6.66. The fraction of sp³-hybridized carbons (Fsp3) is 0. The average molecular weight is 370 g/mol. The zero-order valence-corrected chi connectivity index (χ0v) is 12.9. The summed E-state index contributed by atoms with van der Waals surface area (Å²) in [5.74, 6) is -0.719. The molecule has 0 fully saturated rings. The standard InChI is InChI=1S/C13H9BrFN3O2S/c14-9-1-4-13(12(17)6-9)21(19,20)18-10-2-3-11(15)8(5-10)7-16/h1-6,18H,17H2. The molecule has 2 rings (SSSR count). The van der Waals surface area contributed by atoms with Gasteiger partial charge in [0.25, 0.3) is 10.0 Å². The van der Waals surface area contributed by atoms with Gasteiger partial charge in [-0.15, -0.1) is 0 Å². The molecule has 0 aliphatic heterocycles. The molecule has 2 aromatic rings. The van der Waals surface area contributed by atoms with E-state index in [0.717, 1.165) is 12.1 Å². The first-order valence-electron chi connectivity index (χ1n) is 5.61. The van der Waals surface area contributed by atoms with Crippen LogP contribution in [0.25, 0.3) is 0 Å². The largest absolute Gasteiger partial charge is 0.398 e. The monoisotopic (exact) mass is 369 g/mol. The lowest BCUT2D eigenvalue weighted by Crippen LogP contribution is -2.15. The Bertz CT molecular complexity index is 847. The third-order valence-electron chi connectivity index (χ3n) is 2.60. The third-order valence-corrected chi connectivity index (χ3v) is 4.55. The Kier molecular flexibility index (Phi) is 4.16. The summed E-state index contributed by atoms with van der Waals surface area (Å²) in [6.07, 6.45) is 0. The van der Waals surface area contributed by atoms with E-state index < -0.39 is 15.8 Å². The van der Waals surface area contributed by atoms with Gasteiger partial charge in [0.1, 0.15) is 16.8 Å². The van der Waals surface area contributed by atoms with Crippen LogP contribution in [0.15, 0.2) is 45.8 Å². The fourth-order valence-corrected chi connectivity index (χ4v) is 3.19. The molecule has 0 saturated carbocycles. The predicted octanol–water partition coefficient (Wildman–Crippen LogP) is 2.84. The number of hydrogen-bond donors (Lipinski definition) is 2. The second-order valence-electron chi connectivity index (χ2n) is 4.09. The molecule has 0 aliphatic rings. The van der Waals surface area contributed by atoms with Crippen molar-refractivity contribution in [1.29, 1.82) is 5.26 Å². The number of rotatable bonds is 3. The molecule has 5 nitrogen and oxygen atoms in total. The first-order valence-corrected chi connectivity index (χ1v) is 7.88. The van der Waals surface area contributed by atoms with Crippen molar-refractivity contribution < 1.29 is 12.8 Å². The molecule has 3 N–H and O–H groups in total. The second kappa shape index (κ2) is 5.71. The van der Waals surface area contributed by atoms with E-state index in [2.05, 4.69) is 20.7 Å². The Hall–Kier alpha value is -2.11. The molecule has 8 heteroatoms. The maximum atomic E-state index is 13.2.